The summed E-state index contributed by atoms with van der Waals surface area (Å²) in [5.41, 5.74) is 11.2. The van der Waals surface area contributed by atoms with Gasteiger partial charge in [-0.25, -0.2) is 0 Å². The quantitative estimate of drug-likeness (QED) is 0.797. The molecule has 0 radical (unpaired) electrons. The van der Waals surface area contributed by atoms with E-state index in [0.717, 1.165) is 0 Å². The first-order chi connectivity index (χ1) is 7.41. The lowest BCUT2D eigenvalue weighted by molar-refractivity contribution is -0.120. The fourth-order valence-corrected chi connectivity index (χ4v) is 2.82. The van der Waals surface area contributed by atoms with E-state index in [1.165, 1.54) is 0 Å². The van der Waals surface area contributed by atoms with Gasteiger partial charge in [0.25, 0.3) is 0 Å². The second-order valence-corrected chi connectivity index (χ2v) is 5.38. The largest absolute Gasteiger partial charge is 0.399 e. The van der Waals surface area contributed by atoms with E-state index >= 15 is 0 Å². The Bertz CT molecular complexity index is 437. The highest BCUT2D eigenvalue weighted by Crippen LogP contribution is 2.23. The van der Waals surface area contributed by atoms with Crippen LogP contribution in [-0.2, 0) is 15.6 Å². The lowest BCUT2D eigenvalue weighted by atomic mass is 10.2. The molecule has 2 atom stereocenters. The third kappa shape index (κ3) is 3.21. The van der Waals surface area contributed by atoms with Crippen molar-refractivity contribution in [2.75, 3.05) is 11.5 Å². The Kier molecular flexibility index (Phi) is 4.32. The van der Waals surface area contributed by atoms with Gasteiger partial charge < -0.3 is 11.5 Å². The molecule has 1 amide bonds. The lowest BCUT2D eigenvalue weighted by Crippen LogP contribution is -2.25. The maximum absolute atomic E-state index is 11.9. The predicted octanol–water partition coefficient (Wildman–Crippen LogP) is 1.15. The van der Waals surface area contributed by atoms with Gasteiger partial charge in [0.15, 0.2) is 0 Å². The van der Waals surface area contributed by atoms with Gasteiger partial charge in [-0.2, -0.15) is 0 Å². The molecule has 0 heterocycles. The van der Waals surface area contributed by atoms with E-state index in [2.05, 4.69) is 0 Å². The Morgan fingerprint density at radius 3 is 2.75 bits per heavy atom. The molecule has 0 aromatic heterocycles. The number of nitrogens with two attached hydrogens (primary N) is 2. The summed E-state index contributed by atoms with van der Waals surface area (Å²) in [6, 6.07) is 4.76. The fourth-order valence-electron chi connectivity index (χ4n) is 1.09. The molecular formula is C10H13ClN2O2S. The van der Waals surface area contributed by atoms with Crippen LogP contribution in [0.5, 0.6) is 0 Å². The summed E-state index contributed by atoms with van der Waals surface area (Å²) in [5.74, 6) is -0.787. The second kappa shape index (κ2) is 5.32. The maximum atomic E-state index is 11.9. The number of carbonyl (C=O) groups excluding carboxylic acids is 1. The van der Waals surface area contributed by atoms with Crippen LogP contribution in [0.1, 0.15) is 6.92 Å². The zero-order valence-electron chi connectivity index (χ0n) is 8.77. The minimum atomic E-state index is -1.37. The van der Waals surface area contributed by atoms with Gasteiger partial charge in [0.05, 0.1) is 20.7 Å². The smallest absolute Gasteiger partial charge is 0.221 e. The third-order valence-corrected chi connectivity index (χ3v) is 4.16. The zero-order chi connectivity index (χ0) is 12.3. The van der Waals surface area contributed by atoms with Gasteiger partial charge in [0, 0.05) is 17.4 Å². The number of halogens is 1. The Hall–Kier alpha value is -1.07. The van der Waals surface area contributed by atoms with Crippen molar-refractivity contribution in [2.24, 2.45) is 11.7 Å². The van der Waals surface area contributed by atoms with Crippen molar-refractivity contribution in [1.29, 1.82) is 0 Å². The number of primary amides is 1. The molecule has 4 N–H and O–H groups in total. The first kappa shape index (κ1) is 13.0. The summed E-state index contributed by atoms with van der Waals surface area (Å²) in [6.07, 6.45) is 0. The summed E-state index contributed by atoms with van der Waals surface area (Å²) in [5, 5.41) is 0.379. The second-order valence-electron chi connectivity index (χ2n) is 3.51. The van der Waals surface area contributed by atoms with Crippen LogP contribution >= 0.6 is 11.6 Å². The highest BCUT2D eigenvalue weighted by molar-refractivity contribution is 7.85. The molecule has 88 valence electrons. The number of anilines is 1. The van der Waals surface area contributed by atoms with Crippen LogP contribution in [0.2, 0.25) is 5.02 Å². The van der Waals surface area contributed by atoms with Crippen LogP contribution in [0.25, 0.3) is 0 Å². The molecule has 4 nitrogen and oxygen atoms in total. The normalized spacial score (nSPS) is 14.4. The molecule has 16 heavy (non-hydrogen) atoms. The summed E-state index contributed by atoms with van der Waals surface area (Å²) in [6.45, 7) is 1.63. The van der Waals surface area contributed by atoms with Crippen molar-refractivity contribution in [1.82, 2.24) is 0 Å². The predicted molar refractivity (Wildman–Crippen MR) is 65.5 cm³/mol. The first-order valence-corrected chi connectivity index (χ1v) is 6.34. The Morgan fingerprint density at radius 2 is 2.19 bits per heavy atom. The van der Waals surface area contributed by atoms with Crippen molar-refractivity contribution in [3.63, 3.8) is 0 Å². The van der Waals surface area contributed by atoms with E-state index in [4.69, 9.17) is 23.1 Å². The average molecular weight is 261 g/mol. The highest BCUT2D eigenvalue weighted by Gasteiger charge is 2.16. The van der Waals surface area contributed by atoms with E-state index in [1.54, 1.807) is 25.1 Å². The number of nitrogen functional groups attached to an aromatic ring is 1. The van der Waals surface area contributed by atoms with Gasteiger partial charge in [-0.05, 0) is 18.2 Å². The van der Waals surface area contributed by atoms with Crippen LogP contribution in [0.3, 0.4) is 0 Å². The minimum Gasteiger partial charge on any atom is -0.399 e. The number of amides is 1. The van der Waals surface area contributed by atoms with Crippen molar-refractivity contribution in [3.8, 4) is 0 Å². The highest BCUT2D eigenvalue weighted by atomic mass is 35.5. The van der Waals surface area contributed by atoms with Gasteiger partial charge in [-0.15, -0.1) is 0 Å². The molecule has 0 saturated heterocycles. The van der Waals surface area contributed by atoms with Gasteiger partial charge in [0.2, 0.25) is 5.91 Å². The van der Waals surface area contributed by atoms with E-state index in [-0.39, 0.29) is 5.75 Å². The molecule has 0 bridgehead atoms. The van der Waals surface area contributed by atoms with Gasteiger partial charge in [0.1, 0.15) is 0 Å². The minimum absolute atomic E-state index is 0.151. The molecule has 0 aliphatic heterocycles. The van der Waals surface area contributed by atoms with E-state index in [9.17, 15) is 9.00 Å². The molecule has 0 spiro atoms. The zero-order valence-corrected chi connectivity index (χ0v) is 10.3. The van der Waals surface area contributed by atoms with Gasteiger partial charge >= 0.3 is 0 Å². The molecule has 6 heteroatoms. The SMILES string of the molecule is CC(CS(=O)c1cc(N)ccc1Cl)C(N)=O. The van der Waals surface area contributed by atoms with Crippen molar-refractivity contribution < 1.29 is 9.00 Å². The van der Waals surface area contributed by atoms with Gasteiger partial charge in [-0.1, -0.05) is 18.5 Å². The summed E-state index contributed by atoms with van der Waals surface area (Å²) < 4.78 is 11.9. The molecule has 1 aromatic carbocycles. The first-order valence-electron chi connectivity index (χ1n) is 4.64. The summed E-state index contributed by atoms with van der Waals surface area (Å²) in [4.78, 5) is 11.3. The Labute approximate surface area is 101 Å². The molecule has 0 aliphatic rings. The maximum Gasteiger partial charge on any atom is 0.221 e. The standard InChI is InChI=1S/C10H13ClN2O2S/c1-6(10(13)14)5-16(15)9-4-7(12)2-3-8(9)11/h2-4,6H,5,12H2,1H3,(H2,13,14). The monoisotopic (exact) mass is 260 g/mol. The van der Waals surface area contributed by atoms with E-state index in [0.29, 0.717) is 15.6 Å². The molecule has 1 aromatic rings. The van der Waals surface area contributed by atoms with Crippen LogP contribution in [0.15, 0.2) is 23.1 Å². The molecule has 0 aliphatic carbocycles. The van der Waals surface area contributed by atoms with Crippen molar-refractivity contribution in [3.05, 3.63) is 23.2 Å². The number of hydrogen-bond acceptors (Lipinski definition) is 3. The van der Waals surface area contributed by atoms with Crippen LogP contribution in [0, 0.1) is 5.92 Å². The third-order valence-electron chi connectivity index (χ3n) is 2.09. The molecule has 2 unspecified atom stereocenters. The van der Waals surface area contributed by atoms with Crippen LogP contribution < -0.4 is 11.5 Å². The van der Waals surface area contributed by atoms with Crippen molar-refractivity contribution in [2.45, 2.75) is 11.8 Å². The van der Waals surface area contributed by atoms with Crippen LogP contribution in [0.4, 0.5) is 5.69 Å². The average Bonchev–Trinajstić information content (AvgIpc) is 2.21. The van der Waals surface area contributed by atoms with E-state index in [1.807, 2.05) is 0 Å². The Morgan fingerprint density at radius 1 is 1.56 bits per heavy atom. The van der Waals surface area contributed by atoms with Crippen molar-refractivity contribution >= 4 is 34.0 Å². The Balaban J connectivity index is 2.88. The molecule has 1 rings (SSSR count). The summed E-state index contributed by atoms with van der Waals surface area (Å²) >= 11 is 5.89. The lowest BCUT2D eigenvalue weighted by Gasteiger charge is -2.08. The fraction of sp³-hybridized carbons (Fsp3) is 0.300. The van der Waals surface area contributed by atoms with E-state index < -0.39 is 22.6 Å². The number of rotatable bonds is 4. The number of benzene rings is 1. The number of hydrogen-bond donors (Lipinski definition) is 2. The summed E-state index contributed by atoms with van der Waals surface area (Å²) in [7, 11) is -1.37. The molecule has 0 fully saturated rings. The molecule has 0 saturated carbocycles. The van der Waals surface area contributed by atoms with Crippen LogP contribution in [-0.4, -0.2) is 15.9 Å². The van der Waals surface area contributed by atoms with Gasteiger partial charge in [-0.3, -0.25) is 9.00 Å². The molecular weight excluding hydrogens is 248 g/mol. The topological polar surface area (TPSA) is 86.2 Å². The number of carbonyl (C=O) groups is 1.